The molecule has 45 heavy (non-hydrogen) atoms. The van der Waals surface area contributed by atoms with E-state index in [4.69, 9.17) is 4.74 Å². The molecular formula is C35H46FN7O2. The summed E-state index contributed by atoms with van der Waals surface area (Å²) in [5.74, 6) is 1.31. The second-order valence-electron chi connectivity index (χ2n) is 14.2. The fraction of sp³-hybridized carbons (Fsp3) is 0.486. The zero-order chi connectivity index (χ0) is 32.2. The summed E-state index contributed by atoms with van der Waals surface area (Å²) in [6.45, 7) is 17.2. The number of carbonyl (C=O) groups is 1. The van der Waals surface area contributed by atoms with E-state index in [2.05, 4.69) is 72.1 Å². The van der Waals surface area contributed by atoms with Crippen LogP contribution in [0.3, 0.4) is 0 Å². The van der Waals surface area contributed by atoms with Crippen LogP contribution in [0.4, 0.5) is 21.6 Å². The van der Waals surface area contributed by atoms with Crippen LogP contribution >= 0.6 is 0 Å². The van der Waals surface area contributed by atoms with Gasteiger partial charge in [-0.1, -0.05) is 47.6 Å². The van der Waals surface area contributed by atoms with E-state index < -0.39 is 5.82 Å². The molecule has 1 aliphatic heterocycles. The van der Waals surface area contributed by atoms with Crippen LogP contribution in [-0.4, -0.2) is 56.3 Å². The summed E-state index contributed by atoms with van der Waals surface area (Å²) in [7, 11) is 0. The van der Waals surface area contributed by atoms with E-state index >= 15 is 0 Å². The molecule has 2 aromatic heterocycles. The first-order valence-electron chi connectivity index (χ1n) is 15.8. The highest BCUT2D eigenvalue weighted by molar-refractivity contribution is 5.92. The van der Waals surface area contributed by atoms with Crippen LogP contribution in [0, 0.1) is 22.6 Å². The molecule has 1 fully saturated rings. The Kier molecular flexibility index (Phi) is 9.72. The number of amides is 1. The van der Waals surface area contributed by atoms with Gasteiger partial charge >= 0.3 is 0 Å². The molecule has 1 atom stereocenters. The number of anilines is 3. The molecule has 0 unspecified atom stereocenters. The lowest BCUT2D eigenvalue weighted by Gasteiger charge is -2.47. The first kappa shape index (κ1) is 32.3. The van der Waals surface area contributed by atoms with E-state index in [9.17, 15) is 9.18 Å². The molecular weight excluding hydrogens is 569 g/mol. The highest BCUT2D eigenvalue weighted by Crippen LogP contribution is 2.46. The molecule has 3 heterocycles. The van der Waals surface area contributed by atoms with E-state index in [1.165, 1.54) is 36.0 Å². The Morgan fingerprint density at radius 1 is 1.07 bits per heavy atom. The Bertz CT molecular complexity index is 1590. The Morgan fingerprint density at radius 2 is 1.87 bits per heavy atom. The minimum absolute atomic E-state index is 0.0183. The number of likely N-dealkylation sites (tertiary alicyclic amines) is 1. The van der Waals surface area contributed by atoms with Crippen molar-refractivity contribution in [2.75, 3.05) is 30.3 Å². The van der Waals surface area contributed by atoms with E-state index in [1.54, 1.807) is 24.5 Å². The lowest BCUT2D eigenvalue weighted by atomic mass is 9.63. The van der Waals surface area contributed by atoms with Gasteiger partial charge in [-0.05, 0) is 72.9 Å². The van der Waals surface area contributed by atoms with E-state index in [0.29, 0.717) is 35.8 Å². The quantitative estimate of drug-likeness (QED) is 0.171. The van der Waals surface area contributed by atoms with Gasteiger partial charge in [0.2, 0.25) is 5.91 Å². The minimum atomic E-state index is -0.411. The van der Waals surface area contributed by atoms with Gasteiger partial charge in [0.1, 0.15) is 30.3 Å². The number of hydrogen-bond donors (Lipinski definition) is 2. The highest BCUT2D eigenvalue weighted by atomic mass is 19.1. The number of hydrogen-bond acceptors (Lipinski definition) is 7. The molecule has 0 bridgehead atoms. The number of carbonyl (C=O) groups excluding carboxylic acids is 1. The Hall–Kier alpha value is -4.05. The SMILES string of the molecule is CC(C)(C)C([C@H]1CCCN1CCCOc1ccc2c(Nc3cnn(CC(=O)Nc4cccc(F)c4)c3)ncnc2c1)C(C)(C)C. The van der Waals surface area contributed by atoms with Crippen molar-refractivity contribution in [3.63, 3.8) is 0 Å². The number of fused-ring (bicyclic) bond motifs is 1. The lowest BCUT2D eigenvalue weighted by Crippen LogP contribution is -2.48. The van der Waals surface area contributed by atoms with Crippen LogP contribution in [0.15, 0.2) is 61.2 Å². The van der Waals surface area contributed by atoms with Crippen LogP contribution < -0.4 is 15.4 Å². The molecule has 4 aromatic rings. The van der Waals surface area contributed by atoms with Gasteiger partial charge < -0.3 is 15.4 Å². The Labute approximate surface area is 265 Å². The van der Waals surface area contributed by atoms with Gasteiger partial charge in [0.05, 0.1) is 24.0 Å². The predicted octanol–water partition coefficient (Wildman–Crippen LogP) is 7.29. The van der Waals surface area contributed by atoms with Gasteiger partial charge in [0, 0.05) is 35.9 Å². The van der Waals surface area contributed by atoms with Crippen molar-refractivity contribution in [1.29, 1.82) is 0 Å². The second kappa shape index (κ2) is 13.5. The fourth-order valence-corrected chi connectivity index (χ4v) is 7.21. The normalized spacial score (nSPS) is 16.0. The monoisotopic (exact) mass is 615 g/mol. The minimum Gasteiger partial charge on any atom is -0.493 e. The number of nitrogens with one attached hydrogen (secondary N) is 2. The molecule has 0 radical (unpaired) electrons. The van der Waals surface area contributed by atoms with Crippen molar-refractivity contribution >= 4 is 34.0 Å². The zero-order valence-corrected chi connectivity index (χ0v) is 27.3. The topological polar surface area (TPSA) is 97.2 Å². The molecule has 240 valence electrons. The van der Waals surface area contributed by atoms with Crippen LogP contribution in [0.5, 0.6) is 5.75 Å². The molecule has 1 amide bonds. The van der Waals surface area contributed by atoms with Gasteiger partial charge in [-0.25, -0.2) is 14.4 Å². The number of halogens is 1. The molecule has 0 saturated carbocycles. The third-order valence-electron chi connectivity index (χ3n) is 8.44. The van der Waals surface area contributed by atoms with Gasteiger partial charge in [0.15, 0.2) is 0 Å². The highest BCUT2D eigenvalue weighted by Gasteiger charge is 2.44. The summed E-state index contributed by atoms with van der Waals surface area (Å²) >= 11 is 0. The summed E-state index contributed by atoms with van der Waals surface area (Å²) in [6, 6.07) is 12.2. The molecule has 10 heteroatoms. The lowest BCUT2D eigenvalue weighted by molar-refractivity contribution is -0.116. The number of aromatic nitrogens is 4. The van der Waals surface area contributed by atoms with Crippen molar-refractivity contribution in [2.24, 2.45) is 16.7 Å². The first-order valence-corrected chi connectivity index (χ1v) is 15.8. The van der Waals surface area contributed by atoms with Crippen molar-refractivity contribution in [2.45, 2.75) is 73.4 Å². The number of rotatable bonds is 11. The molecule has 0 spiro atoms. The summed E-state index contributed by atoms with van der Waals surface area (Å²) in [4.78, 5) is 24.0. The predicted molar refractivity (Wildman–Crippen MR) is 177 cm³/mol. The maximum absolute atomic E-state index is 13.4. The molecule has 1 aliphatic rings. The average molecular weight is 616 g/mol. The van der Waals surface area contributed by atoms with Gasteiger partial charge in [-0.3, -0.25) is 14.4 Å². The van der Waals surface area contributed by atoms with E-state index in [0.717, 1.165) is 36.2 Å². The molecule has 5 rings (SSSR count). The van der Waals surface area contributed by atoms with Gasteiger partial charge in [0.25, 0.3) is 0 Å². The van der Waals surface area contributed by atoms with Crippen molar-refractivity contribution in [1.82, 2.24) is 24.6 Å². The van der Waals surface area contributed by atoms with Crippen LogP contribution in [0.1, 0.15) is 60.8 Å². The molecule has 2 aromatic carbocycles. The van der Waals surface area contributed by atoms with Crippen LogP contribution in [0.25, 0.3) is 10.9 Å². The number of ether oxygens (including phenoxy) is 1. The number of nitrogens with zero attached hydrogens (tertiary/aromatic N) is 5. The second-order valence-corrected chi connectivity index (χ2v) is 14.2. The zero-order valence-electron chi connectivity index (χ0n) is 27.3. The van der Waals surface area contributed by atoms with Crippen molar-refractivity contribution in [3.05, 3.63) is 67.0 Å². The summed E-state index contributed by atoms with van der Waals surface area (Å²) in [5.41, 5.74) is 2.35. The maximum Gasteiger partial charge on any atom is 0.246 e. The first-order chi connectivity index (χ1) is 21.4. The smallest absolute Gasteiger partial charge is 0.246 e. The molecule has 1 saturated heterocycles. The van der Waals surface area contributed by atoms with E-state index in [-0.39, 0.29) is 23.3 Å². The Morgan fingerprint density at radius 3 is 2.62 bits per heavy atom. The van der Waals surface area contributed by atoms with Gasteiger partial charge in [-0.15, -0.1) is 0 Å². The standard InChI is InChI=1S/C35H46FN7O2/c1-34(2,3)32(35(4,5)6)30-12-8-15-42(30)16-9-17-45-27-13-14-28-29(19-27)37-23-38-33(28)41-26-20-39-43(21-26)22-31(44)40-25-11-7-10-24(36)18-25/h7,10-11,13-14,18-21,23,30,32H,8-9,12,15-17,22H2,1-6H3,(H,40,44)(H,37,38,41)/t30-/m1/s1. The van der Waals surface area contributed by atoms with E-state index in [1.807, 2.05) is 18.2 Å². The van der Waals surface area contributed by atoms with Crippen molar-refractivity contribution < 1.29 is 13.9 Å². The largest absolute Gasteiger partial charge is 0.493 e. The fourth-order valence-electron chi connectivity index (χ4n) is 7.21. The molecule has 0 aliphatic carbocycles. The average Bonchev–Trinajstić information content (AvgIpc) is 3.58. The number of benzene rings is 2. The third kappa shape index (κ3) is 8.36. The van der Waals surface area contributed by atoms with Crippen LogP contribution in [0.2, 0.25) is 0 Å². The van der Waals surface area contributed by atoms with Gasteiger partial charge in [-0.2, -0.15) is 5.10 Å². The van der Waals surface area contributed by atoms with Crippen LogP contribution in [-0.2, 0) is 11.3 Å². The summed E-state index contributed by atoms with van der Waals surface area (Å²) in [6.07, 6.45) is 8.36. The molecule has 2 N–H and O–H groups in total. The summed E-state index contributed by atoms with van der Waals surface area (Å²) in [5, 5.41) is 11.1. The maximum atomic E-state index is 13.4. The van der Waals surface area contributed by atoms with Crippen molar-refractivity contribution in [3.8, 4) is 5.75 Å². The molecule has 9 nitrogen and oxygen atoms in total. The Balaban J connectivity index is 1.15. The summed E-state index contributed by atoms with van der Waals surface area (Å²) < 4.78 is 21.1. The third-order valence-corrected chi connectivity index (χ3v) is 8.44.